The van der Waals surface area contributed by atoms with Gasteiger partial charge in [0.2, 0.25) is 0 Å². The van der Waals surface area contributed by atoms with E-state index in [0.717, 1.165) is 5.00 Å². The zero-order valence-electron chi connectivity index (χ0n) is 12.3. The Labute approximate surface area is 137 Å². The Kier molecular flexibility index (Phi) is 5.90. The SMILES string of the molecule is C=CC(=O)N(CCOc1ccc(C(=O)NO)cc1)c1cccs1. The minimum atomic E-state index is -0.586. The van der Waals surface area contributed by atoms with Crippen molar-refractivity contribution in [2.45, 2.75) is 0 Å². The minimum Gasteiger partial charge on any atom is -0.492 e. The Hall–Kier alpha value is -2.64. The van der Waals surface area contributed by atoms with Gasteiger partial charge in [-0.15, -0.1) is 11.3 Å². The van der Waals surface area contributed by atoms with Crippen LogP contribution in [0.5, 0.6) is 5.75 Å². The fourth-order valence-electron chi connectivity index (χ4n) is 1.88. The summed E-state index contributed by atoms with van der Waals surface area (Å²) in [6, 6.07) is 10.0. The summed E-state index contributed by atoms with van der Waals surface area (Å²) in [5.74, 6) is -0.209. The molecule has 2 N–H and O–H groups in total. The Bertz CT molecular complexity index is 668. The molecule has 2 amide bonds. The van der Waals surface area contributed by atoms with E-state index < -0.39 is 5.91 Å². The van der Waals surface area contributed by atoms with Crippen molar-refractivity contribution in [1.29, 1.82) is 0 Å². The third kappa shape index (κ3) is 4.41. The van der Waals surface area contributed by atoms with E-state index in [1.165, 1.54) is 29.5 Å². The summed E-state index contributed by atoms with van der Waals surface area (Å²) in [7, 11) is 0. The molecule has 2 aromatic rings. The smallest absolute Gasteiger partial charge is 0.274 e. The number of thiophene rings is 1. The highest BCUT2D eigenvalue weighted by Crippen LogP contribution is 2.21. The van der Waals surface area contributed by atoms with Gasteiger partial charge in [-0.3, -0.25) is 19.7 Å². The van der Waals surface area contributed by atoms with Gasteiger partial charge in [-0.1, -0.05) is 6.58 Å². The number of carbonyl (C=O) groups is 2. The second kappa shape index (κ2) is 8.11. The molecule has 23 heavy (non-hydrogen) atoms. The van der Waals surface area contributed by atoms with Crippen LogP contribution >= 0.6 is 11.3 Å². The van der Waals surface area contributed by atoms with E-state index in [4.69, 9.17) is 9.94 Å². The standard InChI is InChI=1S/C16H16N2O4S/c1-2-14(19)18(15-4-3-11-23-15)9-10-22-13-7-5-12(6-8-13)16(20)17-21/h2-8,11,21H,1,9-10H2,(H,17,20). The number of nitrogens with zero attached hydrogens (tertiary/aromatic N) is 1. The molecule has 0 aliphatic rings. The average molecular weight is 332 g/mol. The van der Waals surface area contributed by atoms with Crippen LogP contribution < -0.4 is 15.1 Å². The number of hydrogen-bond donors (Lipinski definition) is 2. The molecule has 0 saturated carbocycles. The molecule has 0 bridgehead atoms. The predicted molar refractivity (Wildman–Crippen MR) is 88.1 cm³/mol. The van der Waals surface area contributed by atoms with E-state index >= 15 is 0 Å². The van der Waals surface area contributed by atoms with Crippen molar-refractivity contribution in [3.8, 4) is 5.75 Å². The number of amides is 2. The van der Waals surface area contributed by atoms with Crippen molar-refractivity contribution in [3.05, 3.63) is 60.0 Å². The van der Waals surface area contributed by atoms with Crippen LogP contribution in [0.25, 0.3) is 0 Å². The fourth-order valence-corrected chi connectivity index (χ4v) is 2.65. The van der Waals surface area contributed by atoms with Gasteiger partial charge in [0.1, 0.15) is 12.4 Å². The Balaban J connectivity index is 1.93. The monoisotopic (exact) mass is 332 g/mol. The van der Waals surface area contributed by atoms with E-state index in [2.05, 4.69) is 6.58 Å². The van der Waals surface area contributed by atoms with Crippen LogP contribution in [0.4, 0.5) is 5.00 Å². The number of benzene rings is 1. The zero-order valence-corrected chi connectivity index (χ0v) is 13.1. The molecule has 6 nitrogen and oxygen atoms in total. The lowest BCUT2D eigenvalue weighted by Crippen LogP contribution is -2.32. The van der Waals surface area contributed by atoms with Gasteiger partial charge in [-0.05, 0) is 47.9 Å². The van der Waals surface area contributed by atoms with E-state index in [9.17, 15) is 9.59 Å². The van der Waals surface area contributed by atoms with Crippen molar-refractivity contribution >= 4 is 28.2 Å². The maximum Gasteiger partial charge on any atom is 0.274 e. The van der Waals surface area contributed by atoms with Gasteiger partial charge in [-0.25, -0.2) is 5.48 Å². The molecule has 0 unspecified atom stereocenters. The number of rotatable bonds is 7. The largest absolute Gasteiger partial charge is 0.492 e. The van der Waals surface area contributed by atoms with E-state index in [1.54, 1.807) is 22.5 Å². The van der Waals surface area contributed by atoms with Crippen LogP contribution in [0.15, 0.2) is 54.4 Å². The summed E-state index contributed by atoms with van der Waals surface area (Å²) in [6.07, 6.45) is 1.27. The van der Waals surface area contributed by atoms with Crippen molar-refractivity contribution in [2.24, 2.45) is 0 Å². The number of carbonyl (C=O) groups excluding carboxylic acids is 2. The first-order valence-corrected chi connectivity index (χ1v) is 7.68. The summed E-state index contributed by atoms with van der Waals surface area (Å²) in [6.45, 7) is 4.18. The Morgan fingerprint density at radius 1 is 1.30 bits per heavy atom. The van der Waals surface area contributed by atoms with Gasteiger partial charge in [0.25, 0.3) is 11.8 Å². The predicted octanol–water partition coefficient (Wildman–Crippen LogP) is 2.47. The Morgan fingerprint density at radius 2 is 2.04 bits per heavy atom. The van der Waals surface area contributed by atoms with Crippen LogP contribution in [0, 0.1) is 0 Å². The average Bonchev–Trinajstić information content (AvgIpc) is 3.12. The Morgan fingerprint density at radius 3 is 2.61 bits per heavy atom. The van der Waals surface area contributed by atoms with Crippen LogP contribution in [0.2, 0.25) is 0 Å². The first-order valence-electron chi connectivity index (χ1n) is 6.80. The topological polar surface area (TPSA) is 78.9 Å². The van der Waals surface area contributed by atoms with Gasteiger partial charge in [0.05, 0.1) is 11.5 Å². The minimum absolute atomic E-state index is 0.189. The second-order valence-electron chi connectivity index (χ2n) is 4.46. The van der Waals surface area contributed by atoms with E-state index in [-0.39, 0.29) is 5.91 Å². The molecule has 1 heterocycles. The molecule has 0 atom stereocenters. The number of nitrogens with one attached hydrogen (secondary N) is 1. The highest BCUT2D eigenvalue weighted by molar-refractivity contribution is 7.14. The van der Waals surface area contributed by atoms with Crippen LogP contribution in [0.1, 0.15) is 10.4 Å². The zero-order chi connectivity index (χ0) is 16.7. The summed E-state index contributed by atoms with van der Waals surface area (Å²) in [5.41, 5.74) is 1.88. The molecule has 0 radical (unpaired) electrons. The van der Waals surface area contributed by atoms with Crippen molar-refractivity contribution in [2.75, 3.05) is 18.1 Å². The lowest BCUT2D eigenvalue weighted by molar-refractivity contribution is -0.114. The van der Waals surface area contributed by atoms with Crippen LogP contribution in [0.3, 0.4) is 0 Å². The third-order valence-electron chi connectivity index (χ3n) is 3.01. The summed E-state index contributed by atoms with van der Waals surface area (Å²) < 4.78 is 5.58. The molecule has 120 valence electrons. The molecule has 0 spiro atoms. The van der Waals surface area contributed by atoms with Crippen molar-refractivity contribution in [1.82, 2.24) is 5.48 Å². The summed E-state index contributed by atoms with van der Waals surface area (Å²) in [4.78, 5) is 24.7. The van der Waals surface area contributed by atoms with Gasteiger partial charge in [-0.2, -0.15) is 0 Å². The second-order valence-corrected chi connectivity index (χ2v) is 5.39. The molecule has 0 saturated heterocycles. The van der Waals surface area contributed by atoms with Crippen LogP contribution in [-0.2, 0) is 4.79 Å². The van der Waals surface area contributed by atoms with Gasteiger partial charge < -0.3 is 4.74 Å². The van der Waals surface area contributed by atoms with Gasteiger partial charge in [0, 0.05) is 5.56 Å². The maximum absolute atomic E-state index is 11.9. The number of ether oxygens (including phenoxy) is 1. The van der Waals surface area contributed by atoms with Gasteiger partial charge in [0.15, 0.2) is 0 Å². The molecule has 0 fully saturated rings. The molecule has 0 aliphatic carbocycles. The van der Waals surface area contributed by atoms with E-state index in [0.29, 0.717) is 24.5 Å². The number of hydrogen-bond acceptors (Lipinski definition) is 5. The van der Waals surface area contributed by atoms with E-state index in [1.807, 2.05) is 17.5 Å². The quantitative estimate of drug-likeness (QED) is 0.464. The lowest BCUT2D eigenvalue weighted by Gasteiger charge is -2.19. The van der Waals surface area contributed by atoms with Crippen molar-refractivity contribution < 1.29 is 19.5 Å². The highest BCUT2D eigenvalue weighted by atomic mass is 32.1. The molecule has 7 heteroatoms. The molecular weight excluding hydrogens is 316 g/mol. The maximum atomic E-state index is 11.9. The summed E-state index contributed by atoms with van der Waals surface area (Å²) in [5, 5.41) is 11.3. The first kappa shape index (κ1) is 16.7. The fraction of sp³-hybridized carbons (Fsp3) is 0.125. The summed E-state index contributed by atoms with van der Waals surface area (Å²) >= 11 is 1.46. The molecular formula is C16H16N2O4S. The normalized spacial score (nSPS) is 9.96. The molecule has 1 aromatic carbocycles. The first-order chi connectivity index (χ1) is 11.2. The van der Waals surface area contributed by atoms with Gasteiger partial charge >= 0.3 is 0 Å². The lowest BCUT2D eigenvalue weighted by atomic mass is 10.2. The van der Waals surface area contributed by atoms with Crippen LogP contribution in [-0.4, -0.2) is 30.2 Å². The third-order valence-corrected chi connectivity index (χ3v) is 3.91. The highest BCUT2D eigenvalue weighted by Gasteiger charge is 2.13. The molecule has 0 aliphatic heterocycles. The number of hydroxylamine groups is 1. The molecule has 2 rings (SSSR count). The van der Waals surface area contributed by atoms with Crippen molar-refractivity contribution in [3.63, 3.8) is 0 Å². The molecule has 1 aromatic heterocycles. The number of anilines is 1.